The fourth-order valence-corrected chi connectivity index (χ4v) is 1.61. The maximum absolute atomic E-state index is 11.2. The van der Waals surface area contributed by atoms with E-state index < -0.39 is 0 Å². The third kappa shape index (κ3) is 2.31. The molecule has 1 saturated heterocycles. The molecule has 0 unspecified atom stereocenters. The minimum absolute atomic E-state index is 0.161. The summed E-state index contributed by atoms with van der Waals surface area (Å²) < 4.78 is 0. The average molecular weight is 219 g/mol. The molecule has 1 fully saturated rings. The highest BCUT2D eigenvalue weighted by Crippen LogP contribution is 2.07. The number of imide groups is 1. The molecule has 1 aromatic rings. The zero-order valence-corrected chi connectivity index (χ0v) is 8.77. The molecule has 84 valence electrons. The molecule has 16 heavy (non-hydrogen) atoms. The number of benzene rings is 1. The molecular formula is C11H13N3O2. The van der Waals surface area contributed by atoms with Crippen LogP contribution in [0.25, 0.3) is 0 Å². The number of anilines is 1. The summed E-state index contributed by atoms with van der Waals surface area (Å²) in [5.74, 6) is -0.234. The second kappa shape index (κ2) is 4.22. The van der Waals surface area contributed by atoms with Gasteiger partial charge in [-0.25, -0.2) is 4.79 Å². The Hall–Kier alpha value is -2.04. The predicted octanol–water partition coefficient (Wildman–Crippen LogP) is 0.363. The molecule has 0 radical (unpaired) electrons. The van der Waals surface area contributed by atoms with Crippen molar-refractivity contribution in [2.75, 3.05) is 18.8 Å². The number of amides is 3. The summed E-state index contributed by atoms with van der Waals surface area (Å²) in [5, 5.41) is 2.24. The van der Waals surface area contributed by atoms with E-state index in [1.54, 1.807) is 0 Å². The lowest BCUT2D eigenvalue weighted by atomic mass is 10.1. The quantitative estimate of drug-likeness (QED) is 0.569. The van der Waals surface area contributed by atoms with Crippen LogP contribution >= 0.6 is 0 Å². The van der Waals surface area contributed by atoms with Gasteiger partial charge in [0.1, 0.15) is 6.54 Å². The van der Waals surface area contributed by atoms with Crippen LogP contribution in [0.4, 0.5) is 10.5 Å². The molecule has 1 aliphatic heterocycles. The lowest BCUT2D eigenvalue weighted by molar-refractivity contribution is -0.118. The number of nitrogen functional groups attached to an aromatic ring is 1. The van der Waals surface area contributed by atoms with Crippen LogP contribution in [-0.4, -0.2) is 29.9 Å². The van der Waals surface area contributed by atoms with Crippen molar-refractivity contribution < 1.29 is 9.59 Å². The number of hydrogen-bond donors (Lipinski definition) is 2. The van der Waals surface area contributed by atoms with Crippen LogP contribution in [0.3, 0.4) is 0 Å². The number of urea groups is 1. The van der Waals surface area contributed by atoms with E-state index in [4.69, 9.17) is 5.73 Å². The monoisotopic (exact) mass is 219 g/mol. The Morgan fingerprint density at radius 3 is 2.50 bits per heavy atom. The van der Waals surface area contributed by atoms with Gasteiger partial charge in [-0.15, -0.1) is 0 Å². The highest BCUT2D eigenvalue weighted by molar-refractivity contribution is 6.01. The second-order valence-corrected chi connectivity index (χ2v) is 3.77. The maximum Gasteiger partial charge on any atom is 0.324 e. The number of rotatable bonds is 3. The van der Waals surface area contributed by atoms with Gasteiger partial charge >= 0.3 is 6.03 Å². The van der Waals surface area contributed by atoms with E-state index in [9.17, 15) is 9.59 Å². The minimum Gasteiger partial charge on any atom is -0.399 e. The van der Waals surface area contributed by atoms with E-state index in [-0.39, 0.29) is 18.5 Å². The fraction of sp³-hybridized carbons (Fsp3) is 0.273. The predicted molar refractivity (Wildman–Crippen MR) is 59.7 cm³/mol. The van der Waals surface area contributed by atoms with Crippen molar-refractivity contribution in [3.63, 3.8) is 0 Å². The van der Waals surface area contributed by atoms with Gasteiger partial charge in [0.05, 0.1) is 0 Å². The standard InChI is InChI=1S/C11H13N3O2/c12-9-3-1-8(2-4-9)5-6-14-7-10(15)13-11(14)16/h1-4H,5-7,12H2,(H,13,15,16). The zero-order chi connectivity index (χ0) is 11.5. The van der Waals surface area contributed by atoms with E-state index >= 15 is 0 Å². The molecule has 0 spiro atoms. The van der Waals surface area contributed by atoms with Crippen molar-refractivity contribution in [1.29, 1.82) is 0 Å². The van der Waals surface area contributed by atoms with E-state index in [0.717, 1.165) is 17.7 Å². The van der Waals surface area contributed by atoms with E-state index in [0.29, 0.717) is 6.54 Å². The van der Waals surface area contributed by atoms with Gasteiger partial charge in [0.2, 0.25) is 5.91 Å². The van der Waals surface area contributed by atoms with Crippen molar-refractivity contribution >= 4 is 17.6 Å². The van der Waals surface area contributed by atoms with Crippen molar-refractivity contribution in [2.24, 2.45) is 0 Å². The Labute approximate surface area is 93.2 Å². The molecule has 3 N–H and O–H groups in total. The van der Waals surface area contributed by atoms with Gasteiger partial charge < -0.3 is 10.6 Å². The molecule has 1 aromatic carbocycles. The Balaban J connectivity index is 1.90. The Morgan fingerprint density at radius 2 is 1.94 bits per heavy atom. The zero-order valence-electron chi connectivity index (χ0n) is 8.77. The van der Waals surface area contributed by atoms with Crippen molar-refractivity contribution in [2.45, 2.75) is 6.42 Å². The summed E-state index contributed by atoms with van der Waals surface area (Å²) in [6.45, 7) is 0.704. The molecule has 2 rings (SSSR count). The molecule has 0 aliphatic carbocycles. The van der Waals surface area contributed by atoms with Crippen LogP contribution in [-0.2, 0) is 11.2 Å². The van der Waals surface area contributed by atoms with Crippen molar-refractivity contribution in [3.8, 4) is 0 Å². The molecule has 0 bridgehead atoms. The summed E-state index contributed by atoms with van der Waals surface area (Å²) in [6, 6.07) is 7.19. The van der Waals surface area contributed by atoms with E-state index in [1.807, 2.05) is 24.3 Å². The molecule has 0 aromatic heterocycles. The number of nitrogens with two attached hydrogens (primary N) is 1. The lowest BCUT2D eigenvalue weighted by Crippen LogP contribution is -2.30. The second-order valence-electron chi connectivity index (χ2n) is 3.77. The van der Waals surface area contributed by atoms with Crippen LogP contribution < -0.4 is 11.1 Å². The minimum atomic E-state index is -0.305. The molecular weight excluding hydrogens is 206 g/mol. The van der Waals surface area contributed by atoms with Crippen LogP contribution in [0.5, 0.6) is 0 Å². The van der Waals surface area contributed by atoms with Crippen molar-refractivity contribution in [3.05, 3.63) is 29.8 Å². The number of carbonyl (C=O) groups excluding carboxylic acids is 2. The summed E-state index contributed by atoms with van der Waals surface area (Å²) in [7, 11) is 0. The van der Waals surface area contributed by atoms with Gasteiger partial charge in [0.15, 0.2) is 0 Å². The Morgan fingerprint density at radius 1 is 1.25 bits per heavy atom. The van der Waals surface area contributed by atoms with Crippen LogP contribution in [0.15, 0.2) is 24.3 Å². The first-order valence-electron chi connectivity index (χ1n) is 5.08. The summed E-state index contributed by atoms with van der Waals surface area (Å²) in [5.41, 5.74) is 7.38. The molecule has 1 aliphatic rings. The van der Waals surface area contributed by atoms with Gasteiger partial charge in [0.25, 0.3) is 0 Å². The van der Waals surface area contributed by atoms with Gasteiger partial charge in [-0.3, -0.25) is 10.1 Å². The number of nitrogens with zero attached hydrogens (tertiary/aromatic N) is 1. The van der Waals surface area contributed by atoms with Crippen molar-refractivity contribution in [1.82, 2.24) is 10.2 Å². The smallest absolute Gasteiger partial charge is 0.324 e. The molecule has 1 heterocycles. The van der Waals surface area contributed by atoms with Crippen LogP contribution in [0.2, 0.25) is 0 Å². The Kier molecular flexibility index (Phi) is 2.76. The third-order valence-electron chi connectivity index (χ3n) is 2.52. The topological polar surface area (TPSA) is 75.4 Å². The lowest BCUT2D eigenvalue weighted by Gasteiger charge is -2.12. The highest BCUT2D eigenvalue weighted by atomic mass is 16.2. The molecule has 3 amide bonds. The third-order valence-corrected chi connectivity index (χ3v) is 2.52. The molecule has 0 atom stereocenters. The maximum atomic E-state index is 11.2. The van der Waals surface area contributed by atoms with Crippen LogP contribution in [0, 0.1) is 0 Å². The molecule has 5 heteroatoms. The molecule has 5 nitrogen and oxygen atoms in total. The van der Waals surface area contributed by atoms with Gasteiger partial charge in [-0.1, -0.05) is 12.1 Å². The first-order chi connectivity index (χ1) is 7.65. The van der Waals surface area contributed by atoms with Gasteiger partial charge in [0, 0.05) is 12.2 Å². The first-order valence-corrected chi connectivity index (χ1v) is 5.08. The fourth-order valence-electron chi connectivity index (χ4n) is 1.61. The Bertz CT molecular complexity index is 414. The number of carbonyl (C=O) groups is 2. The summed E-state index contributed by atoms with van der Waals surface area (Å²) >= 11 is 0. The SMILES string of the molecule is Nc1ccc(CCN2CC(=O)NC2=O)cc1. The molecule has 0 saturated carbocycles. The summed E-state index contributed by atoms with van der Waals surface area (Å²) in [4.78, 5) is 23.7. The van der Waals surface area contributed by atoms with Crippen LogP contribution in [0.1, 0.15) is 5.56 Å². The van der Waals surface area contributed by atoms with Gasteiger partial charge in [-0.2, -0.15) is 0 Å². The number of nitrogens with one attached hydrogen (secondary N) is 1. The summed E-state index contributed by atoms with van der Waals surface area (Å²) in [6.07, 6.45) is 0.723. The largest absolute Gasteiger partial charge is 0.399 e. The van der Waals surface area contributed by atoms with E-state index in [1.165, 1.54) is 4.90 Å². The normalized spacial score (nSPS) is 15.4. The van der Waals surface area contributed by atoms with E-state index in [2.05, 4.69) is 5.32 Å². The number of hydrogen-bond acceptors (Lipinski definition) is 3. The highest BCUT2D eigenvalue weighted by Gasteiger charge is 2.25. The average Bonchev–Trinajstić information content (AvgIpc) is 2.57. The van der Waals surface area contributed by atoms with Gasteiger partial charge in [-0.05, 0) is 24.1 Å². The first kappa shape index (κ1) is 10.5.